The molecule has 0 radical (unpaired) electrons. The first-order chi connectivity index (χ1) is 24.6. The number of aromatic hydroxyl groups is 3. The Morgan fingerprint density at radius 2 is 1.79 bits per heavy atom. The summed E-state index contributed by atoms with van der Waals surface area (Å²) in [7, 11) is 1.30. The van der Waals surface area contributed by atoms with Crippen LogP contribution in [0.15, 0.2) is 36.4 Å². The first-order valence-corrected chi connectivity index (χ1v) is 16.0. The third kappa shape index (κ3) is 6.17. The van der Waals surface area contributed by atoms with Gasteiger partial charge in [-0.3, -0.25) is 24.5 Å². The van der Waals surface area contributed by atoms with Crippen molar-refractivity contribution in [1.29, 1.82) is 0 Å². The number of hydrogen-bond donors (Lipinski definition) is 6. The Labute approximate surface area is 294 Å². The third-order valence-corrected chi connectivity index (χ3v) is 9.66. The summed E-state index contributed by atoms with van der Waals surface area (Å²) >= 11 is 0. The molecule has 1 aliphatic heterocycles. The standard InChI is InChI=1S/C35H34N2O15/c1-14-29(40)19(36-34(45)50-13-16-7-8-21(39)20(9-16)37(47)48)10-24(51-14)52-23-12-35(46,15(2)38)11-18-26(23)33(44)28-27(31(18)42)30(41)17-5-4-6-22(49-3)25(17)32(28)43/h4-9,14,19,23-24,29,39-40,42,44,46H,10-13H2,1-3H3,(H,36,45)/t14?,19?,23-,24?,29?,35-/m0/s1. The Bertz CT molecular complexity index is 2030. The summed E-state index contributed by atoms with van der Waals surface area (Å²) in [6.07, 6.45) is -7.25. The number of fused-ring (bicyclic) bond motifs is 3. The molecule has 0 saturated carbocycles. The van der Waals surface area contributed by atoms with Crippen molar-refractivity contribution in [2.75, 3.05) is 7.11 Å². The van der Waals surface area contributed by atoms with E-state index < -0.39 is 118 Å². The maximum absolute atomic E-state index is 13.9. The van der Waals surface area contributed by atoms with E-state index in [-0.39, 0.29) is 40.0 Å². The molecule has 17 nitrogen and oxygen atoms in total. The van der Waals surface area contributed by atoms with Crippen LogP contribution in [0.3, 0.4) is 0 Å². The van der Waals surface area contributed by atoms with Gasteiger partial charge in [-0.15, -0.1) is 0 Å². The second-order valence-corrected chi connectivity index (χ2v) is 12.9. The predicted octanol–water partition coefficient (Wildman–Crippen LogP) is 2.61. The lowest BCUT2D eigenvalue weighted by molar-refractivity contribution is -0.385. The van der Waals surface area contributed by atoms with Crippen LogP contribution in [-0.2, 0) is 32.0 Å². The fourth-order valence-corrected chi connectivity index (χ4v) is 6.91. The van der Waals surface area contributed by atoms with E-state index in [1.54, 1.807) is 0 Å². The zero-order chi connectivity index (χ0) is 37.8. The van der Waals surface area contributed by atoms with Gasteiger partial charge in [0.2, 0.25) is 5.78 Å². The number of aliphatic hydroxyl groups is 2. The van der Waals surface area contributed by atoms with Gasteiger partial charge in [-0.1, -0.05) is 18.2 Å². The molecule has 6 N–H and O–H groups in total. The van der Waals surface area contributed by atoms with E-state index in [0.717, 1.165) is 19.1 Å². The Hall–Kier alpha value is -5.62. The second kappa shape index (κ2) is 13.5. The number of Topliss-reactive ketones (excluding diaryl/α,β-unsaturated/α-hetero) is 1. The number of alkyl carbamates (subject to hydrolysis) is 1. The molecule has 0 aromatic heterocycles. The lowest BCUT2D eigenvalue weighted by Crippen LogP contribution is -2.55. The molecule has 3 aromatic rings. The van der Waals surface area contributed by atoms with Crippen molar-refractivity contribution >= 4 is 29.1 Å². The highest BCUT2D eigenvalue weighted by molar-refractivity contribution is 6.31. The molecular weight excluding hydrogens is 688 g/mol. The number of ketones is 3. The van der Waals surface area contributed by atoms with Crippen molar-refractivity contribution in [2.24, 2.45) is 0 Å². The van der Waals surface area contributed by atoms with Crippen LogP contribution in [-0.4, -0.2) is 91.1 Å². The normalized spacial score (nSPS) is 25.0. The maximum Gasteiger partial charge on any atom is 0.407 e. The summed E-state index contributed by atoms with van der Waals surface area (Å²) < 4.78 is 22.5. The van der Waals surface area contributed by atoms with E-state index in [9.17, 15) is 54.8 Å². The summed E-state index contributed by atoms with van der Waals surface area (Å²) in [5, 5.41) is 68.8. The highest BCUT2D eigenvalue weighted by atomic mass is 16.7. The molecule has 6 rings (SSSR count). The topological polar surface area (TPSA) is 262 Å². The van der Waals surface area contributed by atoms with Crippen molar-refractivity contribution in [3.63, 3.8) is 0 Å². The quantitative estimate of drug-likeness (QED) is 0.0867. The summed E-state index contributed by atoms with van der Waals surface area (Å²) in [6, 6.07) is 6.66. The van der Waals surface area contributed by atoms with Crippen LogP contribution in [0.4, 0.5) is 10.5 Å². The first-order valence-electron chi connectivity index (χ1n) is 16.0. The van der Waals surface area contributed by atoms with Gasteiger partial charge in [0.05, 0.1) is 47.0 Å². The molecule has 1 saturated heterocycles. The number of nitro benzene ring substituents is 1. The number of carbonyl (C=O) groups excluding carboxylic acids is 4. The second-order valence-electron chi connectivity index (χ2n) is 12.9. The number of rotatable bonds is 8. The van der Waals surface area contributed by atoms with Crippen LogP contribution >= 0.6 is 0 Å². The molecule has 1 heterocycles. The molecule has 3 aromatic carbocycles. The van der Waals surface area contributed by atoms with E-state index in [1.807, 2.05) is 0 Å². The summed E-state index contributed by atoms with van der Waals surface area (Å²) in [6.45, 7) is 2.17. The smallest absolute Gasteiger partial charge is 0.407 e. The summed E-state index contributed by atoms with van der Waals surface area (Å²) in [4.78, 5) is 63.4. The minimum absolute atomic E-state index is 0.0569. The summed E-state index contributed by atoms with van der Waals surface area (Å²) in [5.41, 5.74) is -4.15. The Balaban J connectivity index is 1.29. The van der Waals surface area contributed by atoms with E-state index in [0.29, 0.717) is 0 Å². The highest BCUT2D eigenvalue weighted by Crippen LogP contribution is 2.52. The van der Waals surface area contributed by atoms with E-state index in [2.05, 4.69) is 5.32 Å². The van der Waals surface area contributed by atoms with Gasteiger partial charge in [0.25, 0.3) is 0 Å². The number of amides is 1. The Morgan fingerprint density at radius 3 is 2.46 bits per heavy atom. The molecule has 0 bridgehead atoms. The molecule has 52 heavy (non-hydrogen) atoms. The van der Waals surface area contributed by atoms with Crippen LogP contribution in [0.2, 0.25) is 0 Å². The summed E-state index contributed by atoms with van der Waals surface area (Å²) in [5.74, 6) is -4.28. The van der Waals surface area contributed by atoms with Crippen molar-refractivity contribution in [3.05, 3.63) is 85.5 Å². The van der Waals surface area contributed by atoms with E-state index in [4.69, 9.17) is 18.9 Å². The van der Waals surface area contributed by atoms with Crippen LogP contribution in [0.1, 0.15) is 81.3 Å². The van der Waals surface area contributed by atoms with Crippen molar-refractivity contribution < 1.29 is 68.6 Å². The Kier molecular flexibility index (Phi) is 9.39. The van der Waals surface area contributed by atoms with Gasteiger partial charge in [-0.2, -0.15) is 0 Å². The maximum atomic E-state index is 13.9. The average Bonchev–Trinajstić information content (AvgIpc) is 3.09. The third-order valence-electron chi connectivity index (χ3n) is 9.66. The van der Waals surface area contributed by atoms with Crippen molar-refractivity contribution in [3.8, 4) is 23.0 Å². The van der Waals surface area contributed by atoms with Gasteiger partial charge in [-0.25, -0.2) is 4.79 Å². The number of aliphatic hydroxyl groups excluding tert-OH is 1. The molecule has 274 valence electrons. The minimum atomic E-state index is -2.15. The number of nitrogens with one attached hydrogen (secondary N) is 1. The average molecular weight is 723 g/mol. The van der Waals surface area contributed by atoms with Gasteiger partial charge in [0.1, 0.15) is 35.6 Å². The number of ether oxygens (including phenoxy) is 4. The van der Waals surface area contributed by atoms with E-state index >= 15 is 0 Å². The van der Waals surface area contributed by atoms with Gasteiger partial charge >= 0.3 is 11.8 Å². The van der Waals surface area contributed by atoms with Crippen molar-refractivity contribution in [1.82, 2.24) is 5.32 Å². The van der Waals surface area contributed by atoms with Gasteiger partial charge in [0, 0.05) is 42.0 Å². The number of methoxy groups -OCH3 is 1. The Morgan fingerprint density at radius 1 is 1.08 bits per heavy atom. The number of benzene rings is 3. The molecule has 6 atom stereocenters. The molecular formula is C35H34N2O15. The zero-order valence-electron chi connectivity index (χ0n) is 27.9. The van der Waals surface area contributed by atoms with Gasteiger partial charge in [0.15, 0.2) is 23.6 Å². The molecule has 1 fully saturated rings. The number of carbonyl (C=O) groups is 4. The first kappa shape index (κ1) is 36.2. The number of phenolic OH excluding ortho intramolecular Hbond substituents is 3. The monoisotopic (exact) mass is 722 g/mol. The number of phenols is 3. The van der Waals surface area contributed by atoms with Crippen molar-refractivity contribution in [2.45, 2.75) is 76.0 Å². The molecule has 1 amide bonds. The van der Waals surface area contributed by atoms with Gasteiger partial charge in [-0.05, 0) is 31.5 Å². The number of nitrogens with zero attached hydrogens (tertiary/aromatic N) is 1. The molecule has 17 heteroatoms. The molecule has 4 unspecified atom stereocenters. The fourth-order valence-electron chi connectivity index (χ4n) is 6.91. The molecule has 3 aliphatic rings. The van der Waals surface area contributed by atoms with E-state index in [1.165, 1.54) is 38.3 Å². The largest absolute Gasteiger partial charge is 0.507 e. The molecule has 0 spiro atoms. The predicted molar refractivity (Wildman–Crippen MR) is 174 cm³/mol. The minimum Gasteiger partial charge on any atom is -0.507 e. The fraction of sp³-hybridized carbons (Fsp3) is 0.371. The SMILES string of the molecule is COc1cccc2c1C(=O)c1c(O)c3c(c(O)c1C2=O)C[C@@](O)(C(C)=O)C[C@@H]3OC1CC(NC(=O)OCc2ccc(O)c([N+](=O)[O-])c2)C(O)C(C)O1. The lowest BCUT2D eigenvalue weighted by Gasteiger charge is -2.42. The van der Waals surface area contributed by atoms with Crippen LogP contribution in [0.25, 0.3) is 0 Å². The van der Waals surface area contributed by atoms with Crippen LogP contribution in [0.5, 0.6) is 23.0 Å². The zero-order valence-corrected chi connectivity index (χ0v) is 27.9. The molecule has 2 aliphatic carbocycles. The number of nitro groups is 1. The van der Waals surface area contributed by atoms with Crippen LogP contribution < -0.4 is 10.1 Å². The highest BCUT2D eigenvalue weighted by Gasteiger charge is 2.49. The lowest BCUT2D eigenvalue weighted by atomic mass is 9.72. The number of hydrogen-bond acceptors (Lipinski definition) is 15. The van der Waals surface area contributed by atoms with Crippen LogP contribution in [0, 0.1) is 10.1 Å². The van der Waals surface area contributed by atoms with Gasteiger partial charge < -0.3 is 49.8 Å².